The maximum Gasteiger partial charge on any atom is 0.249 e. The third-order valence-electron chi connectivity index (χ3n) is 6.13. The number of aliphatic hydroxyl groups excluding tert-OH is 1. The third-order valence-corrected chi connectivity index (χ3v) is 6.13. The normalized spacial score (nSPS) is 32.2. The first-order valence-electron chi connectivity index (χ1n) is 9.45. The van der Waals surface area contributed by atoms with Crippen molar-refractivity contribution in [3.63, 3.8) is 0 Å². The number of hydrogen-bond donors (Lipinski definition) is 2. The highest BCUT2D eigenvalue weighted by Crippen LogP contribution is 2.31. The molecule has 0 radical (unpaired) electrons. The molecule has 2 aliphatic heterocycles. The minimum Gasteiger partial charge on any atom is -0.383 e. The fourth-order valence-electron chi connectivity index (χ4n) is 4.82. The van der Waals surface area contributed by atoms with Crippen LogP contribution in [0, 0.1) is 11.8 Å². The number of carbonyl (C=O) groups is 1. The van der Waals surface area contributed by atoms with Crippen LogP contribution in [0.2, 0.25) is 0 Å². The van der Waals surface area contributed by atoms with Crippen LogP contribution in [0.4, 0.5) is 0 Å². The second kappa shape index (κ2) is 7.78. The van der Waals surface area contributed by atoms with E-state index in [0.717, 1.165) is 32.2 Å². The molecule has 1 aliphatic carbocycles. The van der Waals surface area contributed by atoms with Gasteiger partial charge in [-0.05, 0) is 63.5 Å². The largest absolute Gasteiger partial charge is 0.383 e. The summed E-state index contributed by atoms with van der Waals surface area (Å²) in [5.74, 6) is 0.641. The van der Waals surface area contributed by atoms with E-state index in [1.54, 1.807) is 0 Å². The topological polar surface area (TPSA) is 52.6 Å². The van der Waals surface area contributed by atoms with Gasteiger partial charge >= 0.3 is 0 Å². The average molecular weight is 308 g/mol. The van der Waals surface area contributed by atoms with Crippen LogP contribution in [0.1, 0.15) is 64.2 Å². The quantitative estimate of drug-likeness (QED) is 0.838. The third kappa shape index (κ3) is 3.83. The summed E-state index contributed by atoms with van der Waals surface area (Å²) in [5, 5.41) is 13.3. The number of aliphatic hydroxyl groups is 1. The first-order chi connectivity index (χ1) is 10.8. The lowest BCUT2D eigenvalue weighted by Crippen LogP contribution is -2.52. The summed E-state index contributed by atoms with van der Waals surface area (Å²) in [6.07, 6.45) is 11.2. The van der Waals surface area contributed by atoms with E-state index in [-0.39, 0.29) is 11.8 Å². The van der Waals surface area contributed by atoms with E-state index < -0.39 is 6.10 Å². The fourth-order valence-corrected chi connectivity index (χ4v) is 4.82. The summed E-state index contributed by atoms with van der Waals surface area (Å²) >= 11 is 0. The zero-order valence-electron chi connectivity index (χ0n) is 13.8. The van der Waals surface area contributed by atoms with Gasteiger partial charge < -0.3 is 15.3 Å². The van der Waals surface area contributed by atoms with Gasteiger partial charge in [-0.2, -0.15) is 0 Å². The molecular formula is C18H32N2O2. The Kier molecular flexibility index (Phi) is 5.75. The van der Waals surface area contributed by atoms with E-state index in [1.807, 2.05) is 0 Å². The van der Waals surface area contributed by atoms with Crippen LogP contribution in [0.3, 0.4) is 0 Å². The second-order valence-corrected chi connectivity index (χ2v) is 7.59. The number of hydrogen-bond acceptors (Lipinski definition) is 3. The number of nitrogens with zero attached hydrogens (tertiary/aromatic N) is 1. The molecule has 1 saturated carbocycles. The van der Waals surface area contributed by atoms with Gasteiger partial charge in [0.2, 0.25) is 5.91 Å². The molecule has 22 heavy (non-hydrogen) atoms. The maximum absolute atomic E-state index is 12.3. The number of rotatable bonds is 4. The van der Waals surface area contributed by atoms with Crippen molar-refractivity contribution in [2.75, 3.05) is 19.6 Å². The summed E-state index contributed by atoms with van der Waals surface area (Å²) in [5.41, 5.74) is 0. The highest BCUT2D eigenvalue weighted by atomic mass is 16.3. The molecule has 2 N–H and O–H groups in total. The lowest BCUT2D eigenvalue weighted by atomic mass is 9.83. The van der Waals surface area contributed by atoms with Gasteiger partial charge in [-0.15, -0.1) is 0 Å². The van der Waals surface area contributed by atoms with Gasteiger partial charge in [0.25, 0.3) is 0 Å². The molecule has 1 amide bonds. The first-order valence-corrected chi connectivity index (χ1v) is 9.45. The Morgan fingerprint density at radius 1 is 1.00 bits per heavy atom. The number of nitrogens with one attached hydrogen (secondary N) is 1. The van der Waals surface area contributed by atoms with Gasteiger partial charge in [0.05, 0.1) is 0 Å². The Bertz CT molecular complexity index is 366. The predicted octanol–water partition coefficient (Wildman–Crippen LogP) is 2.31. The van der Waals surface area contributed by atoms with Gasteiger partial charge in [-0.25, -0.2) is 0 Å². The van der Waals surface area contributed by atoms with Crippen LogP contribution in [-0.4, -0.2) is 47.7 Å². The molecule has 4 heteroatoms. The van der Waals surface area contributed by atoms with Crippen LogP contribution in [0.15, 0.2) is 0 Å². The molecule has 0 bridgehead atoms. The van der Waals surface area contributed by atoms with Gasteiger partial charge in [-0.1, -0.05) is 25.7 Å². The summed E-state index contributed by atoms with van der Waals surface area (Å²) in [4.78, 5) is 14.9. The Morgan fingerprint density at radius 3 is 2.55 bits per heavy atom. The fraction of sp³-hybridized carbons (Fsp3) is 0.944. The highest BCUT2D eigenvalue weighted by Gasteiger charge is 2.34. The van der Waals surface area contributed by atoms with Crippen LogP contribution in [0.5, 0.6) is 0 Å². The van der Waals surface area contributed by atoms with Crippen molar-refractivity contribution >= 4 is 5.91 Å². The summed E-state index contributed by atoms with van der Waals surface area (Å²) in [7, 11) is 0. The van der Waals surface area contributed by atoms with Crippen molar-refractivity contribution in [1.29, 1.82) is 0 Å². The number of carbonyl (C=O) groups excluding carboxylic acids is 1. The molecular weight excluding hydrogens is 276 g/mol. The Balaban J connectivity index is 1.47. The average Bonchev–Trinajstić information content (AvgIpc) is 2.59. The molecule has 0 aromatic rings. The highest BCUT2D eigenvalue weighted by molar-refractivity contribution is 5.80. The summed E-state index contributed by atoms with van der Waals surface area (Å²) in [6.45, 7) is 3.23. The molecule has 4 nitrogen and oxygen atoms in total. The molecule has 2 heterocycles. The monoisotopic (exact) mass is 308 g/mol. The van der Waals surface area contributed by atoms with Gasteiger partial charge in [0.1, 0.15) is 6.10 Å². The minimum absolute atomic E-state index is 0.125. The minimum atomic E-state index is -0.786. The SMILES string of the molecule is O=C(NC[C@@H]1CCCN2CCCC[C@H]12)[C@H](O)C1CCCCC1. The number of piperidine rings is 2. The lowest BCUT2D eigenvalue weighted by Gasteiger charge is -2.44. The van der Waals surface area contributed by atoms with Crippen molar-refractivity contribution in [1.82, 2.24) is 10.2 Å². The molecule has 0 aromatic heterocycles. The summed E-state index contributed by atoms with van der Waals surface area (Å²) < 4.78 is 0. The Hall–Kier alpha value is -0.610. The zero-order chi connectivity index (χ0) is 15.4. The molecule has 3 fully saturated rings. The molecule has 126 valence electrons. The van der Waals surface area contributed by atoms with Crippen LogP contribution in [-0.2, 0) is 4.79 Å². The number of fused-ring (bicyclic) bond motifs is 1. The van der Waals surface area contributed by atoms with Crippen molar-refractivity contribution in [2.45, 2.75) is 76.4 Å². The van der Waals surface area contributed by atoms with E-state index in [9.17, 15) is 9.90 Å². The molecule has 0 spiro atoms. The lowest BCUT2D eigenvalue weighted by molar-refractivity contribution is -0.133. The van der Waals surface area contributed by atoms with E-state index >= 15 is 0 Å². The van der Waals surface area contributed by atoms with Crippen molar-refractivity contribution in [2.24, 2.45) is 11.8 Å². The first kappa shape index (κ1) is 16.3. The van der Waals surface area contributed by atoms with Gasteiger partial charge in [0.15, 0.2) is 0 Å². The zero-order valence-corrected chi connectivity index (χ0v) is 13.8. The van der Waals surface area contributed by atoms with E-state index in [1.165, 1.54) is 51.6 Å². The number of amides is 1. The molecule has 0 aromatic carbocycles. The molecule has 3 aliphatic rings. The molecule has 2 saturated heterocycles. The Labute approximate surface area is 134 Å². The van der Waals surface area contributed by atoms with Crippen molar-refractivity contribution < 1.29 is 9.90 Å². The molecule has 3 atom stereocenters. The predicted molar refractivity (Wildman–Crippen MR) is 87.5 cm³/mol. The van der Waals surface area contributed by atoms with E-state index in [4.69, 9.17) is 0 Å². The summed E-state index contributed by atoms with van der Waals surface area (Å²) in [6, 6.07) is 0.662. The maximum atomic E-state index is 12.3. The smallest absolute Gasteiger partial charge is 0.249 e. The van der Waals surface area contributed by atoms with Crippen LogP contribution < -0.4 is 5.32 Å². The van der Waals surface area contributed by atoms with Gasteiger partial charge in [0, 0.05) is 12.6 Å². The van der Waals surface area contributed by atoms with E-state index in [2.05, 4.69) is 10.2 Å². The van der Waals surface area contributed by atoms with Crippen molar-refractivity contribution in [3.05, 3.63) is 0 Å². The van der Waals surface area contributed by atoms with Crippen LogP contribution >= 0.6 is 0 Å². The standard InChI is InChI=1S/C18H32N2O2/c21-17(14-7-2-1-3-8-14)18(22)19-13-15-9-6-12-20-11-5-4-10-16(15)20/h14-17,21H,1-13H2,(H,19,22)/t15-,16+,17+/m0/s1. The van der Waals surface area contributed by atoms with Crippen LogP contribution in [0.25, 0.3) is 0 Å². The van der Waals surface area contributed by atoms with E-state index in [0.29, 0.717) is 12.0 Å². The van der Waals surface area contributed by atoms with Gasteiger partial charge in [-0.3, -0.25) is 4.79 Å². The molecule has 3 rings (SSSR count). The van der Waals surface area contributed by atoms with Crippen molar-refractivity contribution in [3.8, 4) is 0 Å². The molecule has 0 unspecified atom stereocenters. The second-order valence-electron chi connectivity index (χ2n) is 7.59. The Morgan fingerprint density at radius 2 is 1.73 bits per heavy atom.